The van der Waals surface area contributed by atoms with E-state index >= 15 is 0 Å². The highest BCUT2D eigenvalue weighted by molar-refractivity contribution is 5.90. The largest absolute Gasteiger partial charge is 0.467 e. The van der Waals surface area contributed by atoms with E-state index in [2.05, 4.69) is 27.5 Å². The van der Waals surface area contributed by atoms with Gasteiger partial charge in [0.25, 0.3) is 0 Å². The number of hydrogen-bond donors (Lipinski definition) is 2. The Morgan fingerprint density at radius 3 is 2.79 bits per heavy atom. The number of nitrogens with zero attached hydrogens (tertiary/aromatic N) is 2. The van der Waals surface area contributed by atoms with E-state index in [-0.39, 0.29) is 5.82 Å². The van der Waals surface area contributed by atoms with Gasteiger partial charge in [-0.1, -0.05) is 25.8 Å². The lowest BCUT2D eigenvalue weighted by atomic mass is 10.2. The first-order valence-corrected chi connectivity index (χ1v) is 8.24. The minimum atomic E-state index is -0.354. The lowest BCUT2D eigenvalue weighted by molar-refractivity contribution is 0.518. The van der Waals surface area contributed by atoms with Crippen LogP contribution in [-0.2, 0) is 6.54 Å². The average molecular weight is 328 g/mol. The van der Waals surface area contributed by atoms with Crippen LogP contribution in [0.1, 0.15) is 31.9 Å². The number of aromatic nitrogens is 2. The number of nitrogens with one attached hydrogen (secondary N) is 2. The molecule has 5 nitrogen and oxygen atoms in total. The summed E-state index contributed by atoms with van der Waals surface area (Å²) in [4.78, 5) is 8.81. The zero-order valence-electron chi connectivity index (χ0n) is 13.7. The van der Waals surface area contributed by atoms with Gasteiger partial charge >= 0.3 is 0 Å². The smallest absolute Gasteiger partial charge is 0.225 e. The molecule has 0 aliphatic carbocycles. The molecule has 0 saturated heterocycles. The molecule has 0 aliphatic heterocycles. The van der Waals surface area contributed by atoms with Crippen LogP contribution in [0.25, 0.3) is 10.9 Å². The molecule has 0 atom stereocenters. The molecule has 6 heteroatoms. The van der Waals surface area contributed by atoms with Crippen LogP contribution in [0.2, 0.25) is 0 Å². The van der Waals surface area contributed by atoms with E-state index in [1.165, 1.54) is 6.07 Å². The molecule has 3 aromatic rings. The molecule has 2 heterocycles. The summed E-state index contributed by atoms with van der Waals surface area (Å²) in [7, 11) is 0. The highest BCUT2D eigenvalue weighted by atomic mass is 19.1. The maximum Gasteiger partial charge on any atom is 0.225 e. The second-order valence-electron chi connectivity index (χ2n) is 5.60. The summed E-state index contributed by atoms with van der Waals surface area (Å²) < 4.78 is 19.5. The highest BCUT2D eigenvalue weighted by Crippen LogP contribution is 2.24. The molecule has 0 spiro atoms. The first-order chi connectivity index (χ1) is 11.8. The number of fused-ring (bicyclic) bond motifs is 1. The summed E-state index contributed by atoms with van der Waals surface area (Å²) in [6.45, 7) is 3.40. The Kier molecular flexibility index (Phi) is 5.25. The average Bonchev–Trinajstić information content (AvgIpc) is 3.11. The van der Waals surface area contributed by atoms with Gasteiger partial charge in [-0.25, -0.2) is 9.37 Å². The minimum absolute atomic E-state index is 0.312. The first-order valence-electron chi connectivity index (χ1n) is 8.24. The molecule has 0 amide bonds. The van der Waals surface area contributed by atoms with Crippen molar-refractivity contribution in [3.8, 4) is 0 Å². The Bertz CT molecular complexity index is 789. The van der Waals surface area contributed by atoms with Crippen molar-refractivity contribution in [2.75, 3.05) is 17.2 Å². The van der Waals surface area contributed by atoms with Crippen molar-refractivity contribution in [3.63, 3.8) is 0 Å². The Balaban J connectivity index is 1.85. The molecular formula is C18H21FN4O. The van der Waals surface area contributed by atoms with Gasteiger partial charge in [-0.05, 0) is 30.7 Å². The molecule has 0 saturated carbocycles. The predicted octanol–water partition coefficient (Wildman–Crippen LogP) is 4.58. The van der Waals surface area contributed by atoms with Crippen LogP contribution in [0.5, 0.6) is 0 Å². The molecule has 0 unspecified atom stereocenters. The lowest BCUT2D eigenvalue weighted by Gasteiger charge is -2.11. The quantitative estimate of drug-likeness (QED) is 0.593. The number of halogens is 1. The molecule has 3 rings (SSSR count). The summed E-state index contributed by atoms with van der Waals surface area (Å²) in [5.41, 5.74) is 0.312. The van der Waals surface area contributed by atoms with E-state index in [4.69, 9.17) is 4.42 Å². The molecule has 1 aromatic carbocycles. The Labute approximate surface area is 140 Å². The monoisotopic (exact) mass is 328 g/mol. The zero-order valence-corrected chi connectivity index (χ0v) is 13.7. The molecule has 0 bridgehead atoms. The molecule has 0 aliphatic rings. The Morgan fingerprint density at radius 1 is 1.08 bits per heavy atom. The number of hydrogen-bond acceptors (Lipinski definition) is 5. The van der Waals surface area contributed by atoms with Gasteiger partial charge in [0.05, 0.1) is 12.8 Å². The van der Waals surface area contributed by atoms with Gasteiger partial charge in [-0.2, -0.15) is 4.98 Å². The number of rotatable bonds is 8. The van der Waals surface area contributed by atoms with Crippen molar-refractivity contribution < 1.29 is 8.81 Å². The maximum atomic E-state index is 14.1. The summed E-state index contributed by atoms with van der Waals surface area (Å²) in [6, 6.07) is 8.58. The van der Waals surface area contributed by atoms with E-state index in [1.807, 2.05) is 18.2 Å². The van der Waals surface area contributed by atoms with Gasteiger partial charge in [0.1, 0.15) is 22.9 Å². The SMILES string of the molecule is CCCCCNc1nc(NCc2ccco2)c2cccc(F)c2n1. The third-order valence-corrected chi connectivity index (χ3v) is 3.75. The van der Waals surface area contributed by atoms with Gasteiger partial charge in [-0.15, -0.1) is 0 Å². The summed E-state index contributed by atoms with van der Waals surface area (Å²) in [5, 5.41) is 7.04. The molecule has 126 valence electrons. The fourth-order valence-electron chi connectivity index (χ4n) is 2.49. The van der Waals surface area contributed by atoms with Crippen molar-refractivity contribution in [3.05, 3.63) is 48.2 Å². The third-order valence-electron chi connectivity index (χ3n) is 3.75. The molecular weight excluding hydrogens is 307 g/mol. The standard InChI is InChI=1S/C18H21FN4O/c1-2-3-4-10-20-18-22-16-14(8-5-9-15(16)19)17(23-18)21-12-13-7-6-11-24-13/h5-9,11H,2-4,10,12H2,1H3,(H2,20,21,22,23). The maximum absolute atomic E-state index is 14.1. The number of benzene rings is 1. The number of anilines is 2. The fraction of sp³-hybridized carbons (Fsp3) is 0.333. The van der Waals surface area contributed by atoms with Gasteiger partial charge < -0.3 is 15.1 Å². The topological polar surface area (TPSA) is 63.0 Å². The Morgan fingerprint density at radius 2 is 2.00 bits per heavy atom. The van der Waals surface area contributed by atoms with Crippen molar-refractivity contribution in [2.45, 2.75) is 32.7 Å². The van der Waals surface area contributed by atoms with Crippen LogP contribution in [0.15, 0.2) is 41.0 Å². The fourth-order valence-corrected chi connectivity index (χ4v) is 2.49. The van der Waals surface area contributed by atoms with Crippen LogP contribution >= 0.6 is 0 Å². The molecule has 0 fully saturated rings. The molecule has 2 N–H and O–H groups in total. The van der Waals surface area contributed by atoms with Crippen LogP contribution in [0.3, 0.4) is 0 Å². The van der Waals surface area contributed by atoms with Gasteiger partial charge in [0, 0.05) is 11.9 Å². The zero-order chi connectivity index (χ0) is 16.8. The number of furan rings is 1. The van der Waals surface area contributed by atoms with Crippen molar-refractivity contribution in [1.82, 2.24) is 9.97 Å². The van der Waals surface area contributed by atoms with E-state index in [0.717, 1.165) is 31.6 Å². The van der Waals surface area contributed by atoms with E-state index < -0.39 is 0 Å². The van der Waals surface area contributed by atoms with Crippen molar-refractivity contribution in [2.24, 2.45) is 0 Å². The van der Waals surface area contributed by atoms with Crippen molar-refractivity contribution >= 4 is 22.7 Å². The van der Waals surface area contributed by atoms with Crippen molar-refractivity contribution in [1.29, 1.82) is 0 Å². The van der Waals surface area contributed by atoms with E-state index in [0.29, 0.717) is 29.2 Å². The summed E-state index contributed by atoms with van der Waals surface area (Å²) in [6.07, 6.45) is 4.93. The highest BCUT2D eigenvalue weighted by Gasteiger charge is 2.11. The van der Waals surface area contributed by atoms with Gasteiger partial charge in [-0.3, -0.25) is 0 Å². The minimum Gasteiger partial charge on any atom is -0.467 e. The third kappa shape index (κ3) is 3.82. The van der Waals surface area contributed by atoms with E-state index in [1.54, 1.807) is 12.3 Å². The Hall–Kier alpha value is -2.63. The lowest BCUT2D eigenvalue weighted by Crippen LogP contribution is -2.09. The second kappa shape index (κ2) is 7.77. The number of unbranched alkanes of at least 4 members (excludes halogenated alkanes) is 2. The normalized spacial score (nSPS) is 10.9. The van der Waals surface area contributed by atoms with Crippen LogP contribution in [0.4, 0.5) is 16.2 Å². The van der Waals surface area contributed by atoms with Gasteiger partial charge in [0.15, 0.2) is 0 Å². The number of para-hydroxylation sites is 1. The van der Waals surface area contributed by atoms with Crippen LogP contribution in [-0.4, -0.2) is 16.5 Å². The van der Waals surface area contributed by atoms with Crippen LogP contribution in [0, 0.1) is 5.82 Å². The molecule has 0 radical (unpaired) electrons. The summed E-state index contributed by atoms with van der Waals surface area (Å²) in [5.74, 6) is 1.46. The van der Waals surface area contributed by atoms with E-state index in [9.17, 15) is 4.39 Å². The van der Waals surface area contributed by atoms with Gasteiger partial charge in [0.2, 0.25) is 5.95 Å². The predicted molar refractivity (Wildman–Crippen MR) is 93.5 cm³/mol. The molecule has 24 heavy (non-hydrogen) atoms. The molecule has 2 aromatic heterocycles. The first kappa shape index (κ1) is 16.2. The summed E-state index contributed by atoms with van der Waals surface area (Å²) >= 11 is 0. The van der Waals surface area contributed by atoms with Crippen LogP contribution < -0.4 is 10.6 Å². The second-order valence-corrected chi connectivity index (χ2v) is 5.60.